The van der Waals surface area contributed by atoms with E-state index >= 15 is 0 Å². The van der Waals surface area contributed by atoms with Crippen molar-refractivity contribution in [2.45, 2.75) is 39.2 Å². The van der Waals surface area contributed by atoms with Gasteiger partial charge in [-0.3, -0.25) is 9.89 Å². The van der Waals surface area contributed by atoms with Gasteiger partial charge in [0.25, 0.3) is 5.91 Å². The van der Waals surface area contributed by atoms with Crippen LogP contribution in [0.3, 0.4) is 0 Å². The van der Waals surface area contributed by atoms with Crippen LogP contribution in [-0.2, 0) is 13.0 Å². The Labute approximate surface area is 101 Å². The van der Waals surface area contributed by atoms with Gasteiger partial charge in [-0.2, -0.15) is 5.10 Å². The average Bonchev–Trinajstić information content (AvgIpc) is 2.78. The van der Waals surface area contributed by atoms with E-state index in [2.05, 4.69) is 27.8 Å². The quantitative estimate of drug-likeness (QED) is 0.667. The fraction of sp³-hybridized carbons (Fsp3) is 0.667. The lowest BCUT2D eigenvalue weighted by molar-refractivity contribution is 0.0947. The molecule has 0 spiro atoms. The molecule has 0 bridgehead atoms. The van der Waals surface area contributed by atoms with Crippen molar-refractivity contribution in [1.29, 1.82) is 0 Å². The van der Waals surface area contributed by atoms with Crippen LogP contribution in [0.25, 0.3) is 0 Å². The topological polar surface area (TPSA) is 69.8 Å². The number of amides is 1. The minimum atomic E-state index is -0.0534. The number of rotatable bonds is 5. The van der Waals surface area contributed by atoms with Crippen LogP contribution >= 0.6 is 0 Å². The SMILES string of the molecule is CCCCCNC(=O)c1n[nH]c2c1CNCC2. The highest BCUT2D eigenvalue weighted by atomic mass is 16.1. The van der Waals surface area contributed by atoms with E-state index in [1.165, 1.54) is 0 Å². The molecule has 0 unspecified atom stereocenters. The maximum Gasteiger partial charge on any atom is 0.272 e. The van der Waals surface area contributed by atoms with Crippen molar-refractivity contribution in [3.63, 3.8) is 0 Å². The van der Waals surface area contributed by atoms with Gasteiger partial charge in [-0.15, -0.1) is 0 Å². The normalized spacial score (nSPS) is 14.4. The molecule has 0 saturated heterocycles. The molecule has 0 aliphatic carbocycles. The molecule has 1 aromatic rings. The van der Waals surface area contributed by atoms with E-state index in [9.17, 15) is 4.79 Å². The van der Waals surface area contributed by atoms with Gasteiger partial charge in [0.1, 0.15) is 0 Å². The molecule has 3 N–H and O–H groups in total. The number of nitrogens with one attached hydrogen (secondary N) is 3. The Kier molecular flexibility index (Phi) is 4.14. The number of carbonyl (C=O) groups excluding carboxylic acids is 1. The summed E-state index contributed by atoms with van der Waals surface area (Å²) in [5, 5.41) is 13.3. The predicted octanol–water partition coefficient (Wildman–Crippen LogP) is 0.975. The van der Waals surface area contributed by atoms with Crippen LogP contribution in [0.15, 0.2) is 0 Å². The highest BCUT2D eigenvalue weighted by Crippen LogP contribution is 2.14. The van der Waals surface area contributed by atoms with Gasteiger partial charge in [0.05, 0.1) is 0 Å². The van der Waals surface area contributed by atoms with Crippen LogP contribution < -0.4 is 10.6 Å². The van der Waals surface area contributed by atoms with Gasteiger partial charge in [-0.05, 0) is 6.42 Å². The molecule has 5 heteroatoms. The lowest BCUT2D eigenvalue weighted by atomic mass is 10.1. The summed E-state index contributed by atoms with van der Waals surface area (Å²) in [5.41, 5.74) is 2.69. The summed E-state index contributed by atoms with van der Waals surface area (Å²) in [7, 11) is 0. The minimum Gasteiger partial charge on any atom is -0.351 e. The van der Waals surface area contributed by atoms with Crippen LogP contribution in [0.4, 0.5) is 0 Å². The third-order valence-electron chi connectivity index (χ3n) is 3.09. The number of unbranched alkanes of at least 4 members (excludes halogenated alkanes) is 2. The fourth-order valence-electron chi connectivity index (χ4n) is 2.07. The van der Waals surface area contributed by atoms with Crippen LogP contribution in [0, 0.1) is 0 Å². The van der Waals surface area contributed by atoms with Gasteiger partial charge in [0.15, 0.2) is 5.69 Å². The molecule has 2 rings (SSSR count). The zero-order chi connectivity index (χ0) is 12.1. The lowest BCUT2D eigenvalue weighted by Gasteiger charge is -2.12. The predicted molar refractivity (Wildman–Crippen MR) is 65.9 cm³/mol. The van der Waals surface area contributed by atoms with E-state index < -0.39 is 0 Å². The summed E-state index contributed by atoms with van der Waals surface area (Å²) in [6, 6.07) is 0. The zero-order valence-electron chi connectivity index (χ0n) is 10.3. The molecule has 0 radical (unpaired) electrons. The third kappa shape index (κ3) is 2.85. The smallest absolute Gasteiger partial charge is 0.272 e. The second-order valence-electron chi connectivity index (χ2n) is 4.42. The van der Waals surface area contributed by atoms with Crippen molar-refractivity contribution >= 4 is 5.91 Å². The molecule has 1 aliphatic heterocycles. The molecular formula is C12H20N4O. The standard InChI is InChI=1S/C12H20N4O/c1-2-3-4-6-14-12(17)11-9-8-13-7-5-10(9)15-16-11/h13H,2-8H2,1H3,(H,14,17)(H,15,16). The number of aromatic amines is 1. The minimum absolute atomic E-state index is 0.0534. The molecule has 5 nitrogen and oxygen atoms in total. The van der Waals surface area contributed by atoms with E-state index in [0.29, 0.717) is 5.69 Å². The van der Waals surface area contributed by atoms with E-state index in [4.69, 9.17) is 0 Å². The van der Waals surface area contributed by atoms with Crippen molar-refractivity contribution in [2.24, 2.45) is 0 Å². The lowest BCUT2D eigenvalue weighted by Crippen LogP contribution is -2.29. The summed E-state index contributed by atoms with van der Waals surface area (Å²) in [4.78, 5) is 11.9. The van der Waals surface area contributed by atoms with Crippen molar-refractivity contribution in [2.75, 3.05) is 13.1 Å². The molecule has 0 fully saturated rings. The summed E-state index contributed by atoms with van der Waals surface area (Å²) < 4.78 is 0. The molecule has 1 amide bonds. The first kappa shape index (κ1) is 12.1. The maximum atomic E-state index is 11.9. The Hall–Kier alpha value is -1.36. The first-order valence-corrected chi connectivity index (χ1v) is 6.38. The van der Waals surface area contributed by atoms with Crippen molar-refractivity contribution in [1.82, 2.24) is 20.8 Å². The van der Waals surface area contributed by atoms with E-state index in [1.807, 2.05) is 0 Å². The number of fused-ring (bicyclic) bond motifs is 1. The van der Waals surface area contributed by atoms with Gasteiger partial charge in [-0.1, -0.05) is 19.8 Å². The van der Waals surface area contributed by atoms with Gasteiger partial charge in [0.2, 0.25) is 0 Å². The maximum absolute atomic E-state index is 11.9. The van der Waals surface area contributed by atoms with Crippen LogP contribution in [0.2, 0.25) is 0 Å². The first-order valence-electron chi connectivity index (χ1n) is 6.38. The average molecular weight is 236 g/mol. The molecular weight excluding hydrogens is 216 g/mol. The Morgan fingerprint density at radius 2 is 2.35 bits per heavy atom. The second kappa shape index (κ2) is 5.82. The van der Waals surface area contributed by atoms with Crippen molar-refractivity contribution in [3.05, 3.63) is 17.0 Å². The molecule has 0 saturated carbocycles. The van der Waals surface area contributed by atoms with Crippen LogP contribution in [0.1, 0.15) is 47.9 Å². The summed E-state index contributed by atoms with van der Waals surface area (Å²) >= 11 is 0. The van der Waals surface area contributed by atoms with E-state index in [1.54, 1.807) is 0 Å². The number of hydrogen-bond acceptors (Lipinski definition) is 3. The van der Waals surface area contributed by atoms with Gasteiger partial charge in [-0.25, -0.2) is 0 Å². The monoisotopic (exact) mass is 236 g/mol. The van der Waals surface area contributed by atoms with E-state index in [-0.39, 0.29) is 5.91 Å². The Morgan fingerprint density at radius 1 is 1.47 bits per heavy atom. The Balaban J connectivity index is 1.92. The van der Waals surface area contributed by atoms with E-state index in [0.717, 1.165) is 56.6 Å². The van der Waals surface area contributed by atoms with Crippen LogP contribution in [0.5, 0.6) is 0 Å². The molecule has 1 aliphatic rings. The number of nitrogens with zero attached hydrogens (tertiary/aromatic N) is 1. The molecule has 94 valence electrons. The molecule has 17 heavy (non-hydrogen) atoms. The molecule has 2 heterocycles. The zero-order valence-corrected chi connectivity index (χ0v) is 10.3. The molecule has 0 atom stereocenters. The Morgan fingerprint density at radius 3 is 3.18 bits per heavy atom. The van der Waals surface area contributed by atoms with Crippen LogP contribution in [-0.4, -0.2) is 29.2 Å². The highest BCUT2D eigenvalue weighted by Gasteiger charge is 2.20. The first-order chi connectivity index (χ1) is 8.33. The van der Waals surface area contributed by atoms with Gasteiger partial charge < -0.3 is 10.6 Å². The number of aromatic nitrogens is 2. The number of H-pyrrole nitrogens is 1. The fourth-order valence-corrected chi connectivity index (χ4v) is 2.07. The van der Waals surface area contributed by atoms with Crippen molar-refractivity contribution in [3.8, 4) is 0 Å². The number of hydrogen-bond donors (Lipinski definition) is 3. The summed E-state index contributed by atoms with van der Waals surface area (Å²) in [6.07, 6.45) is 4.27. The molecule has 0 aromatic carbocycles. The largest absolute Gasteiger partial charge is 0.351 e. The van der Waals surface area contributed by atoms with Gasteiger partial charge in [0, 0.05) is 37.3 Å². The van der Waals surface area contributed by atoms with Gasteiger partial charge >= 0.3 is 0 Å². The van der Waals surface area contributed by atoms with Crippen molar-refractivity contribution < 1.29 is 4.79 Å². The third-order valence-corrected chi connectivity index (χ3v) is 3.09. The molecule has 1 aromatic heterocycles. The Bertz CT molecular complexity index is 386. The summed E-state index contributed by atoms with van der Waals surface area (Å²) in [5.74, 6) is -0.0534. The number of carbonyl (C=O) groups is 1. The highest BCUT2D eigenvalue weighted by molar-refractivity contribution is 5.93. The summed E-state index contributed by atoms with van der Waals surface area (Å²) in [6.45, 7) is 4.58. The second-order valence-corrected chi connectivity index (χ2v) is 4.42.